The number of nitrogens with zero attached hydrogens (tertiary/aromatic N) is 1. The number of hydrogen-bond donors (Lipinski definition) is 1. The van der Waals surface area contributed by atoms with Crippen molar-refractivity contribution < 1.29 is 9.66 Å². The SMILES string of the molecule is CC#CCOc1ccc([N+](=O)[O-])cc1CNCC(C)C. The van der Waals surface area contributed by atoms with E-state index in [0.29, 0.717) is 18.2 Å². The molecule has 0 fully saturated rings. The lowest BCUT2D eigenvalue weighted by Gasteiger charge is -2.11. The van der Waals surface area contributed by atoms with Crippen LogP contribution in [0.15, 0.2) is 18.2 Å². The van der Waals surface area contributed by atoms with E-state index in [2.05, 4.69) is 31.0 Å². The number of benzene rings is 1. The summed E-state index contributed by atoms with van der Waals surface area (Å²) in [6.45, 7) is 7.62. The lowest BCUT2D eigenvalue weighted by Crippen LogP contribution is -2.19. The van der Waals surface area contributed by atoms with Crippen LogP contribution in [0.2, 0.25) is 0 Å². The first-order valence-corrected chi connectivity index (χ1v) is 6.55. The van der Waals surface area contributed by atoms with Crippen molar-refractivity contribution in [2.24, 2.45) is 5.92 Å². The van der Waals surface area contributed by atoms with E-state index in [1.165, 1.54) is 6.07 Å². The van der Waals surface area contributed by atoms with E-state index in [1.807, 2.05) is 0 Å². The minimum Gasteiger partial charge on any atom is -0.481 e. The maximum atomic E-state index is 10.8. The molecule has 0 aliphatic heterocycles. The molecule has 0 bridgehead atoms. The van der Waals surface area contributed by atoms with Gasteiger partial charge in [-0.15, -0.1) is 5.92 Å². The average molecular weight is 276 g/mol. The quantitative estimate of drug-likeness (QED) is 0.472. The lowest BCUT2D eigenvalue weighted by atomic mass is 10.1. The minimum atomic E-state index is -0.401. The summed E-state index contributed by atoms with van der Waals surface area (Å²) in [5.74, 6) is 6.71. The number of rotatable bonds is 7. The predicted molar refractivity (Wildman–Crippen MR) is 78.6 cm³/mol. The predicted octanol–water partition coefficient (Wildman–Crippen LogP) is 2.74. The van der Waals surface area contributed by atoms with Crippen LogP contribution in [-0.4, -0.2) is 18.1 Å². The van der Waals surface area contributed by atoms with Gasteiger partial charge in [-0.05, 0) is 25.5 Å². The molecule has 108 valence electrons. The third-order valence-electron chi connectivity index (χ3n) is 2.60. The summed E-state index contributed by atoms with van der Waals surface area (Å²) in [6, 6.07) is 4.62. The molecule has 0 amide bonds. The van der Waals surface area contributed by atoms with Crippen molar-refractivity contribution in [3.8, 4) is 17.6 Å². The van der Waals surface area contributed by atoms with Gasteiger partial charge in [0.1, 0.15) is 12.4 Å². The maximum Gasteiger partial charge on any atom is 0.270 e. The van der Waals surface area contributed by atoms with Crippen LogP contribution in [0, 0.1) is 27.9 Å². The van der Waals surface area contributed by atoms with Crippen LogP contribution in [0.25, 0.3) is 0 Å². The molecule has 0 spiro atoms. The molecule has 0 radical (unpaired) electrons. The third-order valence-corrected chi connectivity index (χ3v) is 2.60. The molecule has 1 aromatic carbocycles. The zero-order chi connectivity index (χ0) is 15.0. The van der Waals surface area contributed by atoms with Crippen LogP contribution in [0.4, 0.5) is 5.69 Å². The molecule has 0 saturated heterocycles. The molecule has 1 aromatic rings. The number of nitro benzene ring substituents is 1. The smallest absolute Gasteiger partial charge is 0.270 e. The van der Waals surface area contributed by atoms with Gasteiger partial charge in [0.15, 0.2) is 0 Å². The van der Waals surface area contributed by atoms with Crippen LogP contribution in [-0.2, 0) is 6.54 Å². The van der Waals surface area contributed by atoms with Crippen LogP contribution < -0.4 is 10.1 Å². The first-order valence-electron chi connectivity index (χ1n) is 6.55. The van der Waals surface area contributed by atoms with Crippen LogP contribution in [0.1, 0.15) is 26.3 Å². The summed E-state index contributed by atoms with van der Waals surface area (Å²) in [6.07, 6.45) is 0. The van der Waals surface area contributed by atoms with Gasteiger partial charge in [0.25, 0.3) is 5.69 Å². The standard InChI is InChI=1S/C15H20N2O3/c1-4-5-8-20-15-7-6-14(17(18)19)9-13(15)11-16-10-12(2)3/h6-7,9,12,16H,8,10-11H2,1-3H3. The van der Waals surface area contributed by atoms with E-state index < -0.39 is 4.92 Å². The molecule has 0 aromatic heterocycles. The zero-order valence-electron chi connectivity index (χ0n) is 12.1. The number of non-ortho nitro benzene ring substituents is 1. The Morgan fingerprint density at radius 2 is 2.20 bits per heavy atom. The Morgan fingerprint density at radius 3 is 2.80 bits per heavy atom. The summed E-state index contributed by atoms with van der Waals surface area (Å²) < 4.78 is 5.53. The first kappa shape index (κ1) is 16.0. The van der Waals surface area contributed by atoms with Gasteiger partial charge in [-0.1, -0.05) is 19.8 Å². The van der Waals surface area contributed by atoms with Crippen molar-refractivity contribution in [1.82, 2.24) is 5.32 Å². The van der Waals surface area contributed by atoms with Gasteiger partial charge in [0.05, 0.1) is 4.92 Å². The van der Waals surface area contributed by atoms with E-state index in [-0.39, 0.29) is 12.3 Å². The van der Waals surface area contributed by atoms with E-state index in [4.69, 9.17) is 4.74 Å². The zero-order valence-corrected chi connectivity index (χ0v) is 12.1. The Morgan fingerprint density at radius 1 is 1.45 bits per heavy atom. The van der Waals surface area contributed by atoms with Gasteiger partial charge in [0.2, 0.25) is 0 Å². The molecular formula is C15H20N2O3. The highest BCUT2D eigenvalue weighted by atomic mass is 16.6. The highest BCUT2D eigenvalue weighted by molar-refractivity contribution is 5.44. The second kappa shape index (κ2) is 8.18. The van der Waals surface area contributed by atoms with Gasteiger partial charge in [0, 0.05) is 24.2 Å². The Labute approximate surface area is 119 Å². The van der Waals surface area contributed by atoms with Crippen molar-refractivity contribution >= 4 is 5.69 Å². The molecule has 1 rings (SSSR count). The fraction of sp³-hybridized carbons (Fsp3) is 0.467. The van der Waals surface area contributed by atoms with Crippen molar-refractivity contribution in [2.45, 2.75) is 27.3 Å². The number of nitrogens with one attached hydrogen (secondary N) is 1. The van der Waals surface area contributed by atoms with E-state index in [9.17, 15) is 10.1 Å². The molecule has 1 N–H and O–H groups in total. The summed E-state index contributed by atoms with van der Waals surface area (Å²) >= 11 is 0. The third kappa shape index (κ3) is 5.29. The summed E-state index contributed by atoms with van der Waals surface area (Å²) in [5, 5.41) is 14.1. The largest absolute Gasteiger partial charge is 0.481 e. The van der Waals surface area contributed by atoms with Gasteiger partial charge in [-0.2, -0.15) is 0 Å². The molecule has 0 aliphatic carbocycles. The molecule has 0 atom stereocenters. The second-order valence-electron chi connectivity index (χ2n) is 4.79. The minimum absolute atomic E-state index is 0.0697. The molecule has 5 nitrogen and oxygen atoms in total. The van der Waals surface area contributed by atoms with E-state index in [0.717, 1.165) is 12.1 Å². The maximum absolute atomic E-state index is 10.8. The first-order chi connectivity index (χ1) is 9.54. The van der Waals surface area contributed by atoms with E-state index >= 15 is 0 Å². The summed E-state index contributed by atoms with van der Waals surface area (Å²) in [5.41, 5.74) is 0.845. The van der Waals surface area contributed by atoms with Crippen molar-refractivity contribution in [1.29, 1.82) is 0 Å². The van der Waals surface area contributed by atoms with Crippen LogP contribution in [0.5, 0.6) is 5.75 Å². The highest BCUT2D eigenvalue weighted by Gasteiger charge is 2.11. The van der Waals surface area contributed by atoms with Gasteiger partial charge < -0.3 is 10.1 Å². The van der Waals surface area contributed by atoms with Gasteiger partial charge in [-0.3, -0.25) is 10.1 Å². The molecular weight excluding hydrogens is 256 g/mol. The Bertz CT molecular complexity index is 516. The van der Waals surface area contributed by atoms with Crippen molar-refractivity contribution in [3.05, 3.63) is 33.9 Å². The van der Waals surface area contributed by atoms with Gasteiger partial charge in [-0.25, -0.2) is 0 Å². The van der Waals surface area contributed by atoms with Gasteiger partial charge >= 0.3 is 0 Å². The van der Waals surface area contributed by atoms with E-state index in [1.54, 1.807) is 19.1 Å². The van der Waals surface area contributed by atoms with Crippen LogP contribution >= 0.6 is 0 Å². The number of nitro groups is 1. The number of hydrogen-bond acceptors (Lipinski definition) is 4. The summed E-state index contributed by atoms with van der Waals surface area (Å²) in [4.78, 5) is 10.4. The Kier molecular flexibility index (Phi) is 6.54. The van der Waals surface area contributed by atoms with Crippen molar-refractivity contribution in [3.63, 3.8) is 0 Å². The Balaban J connectivity index is 2.84. The summed E-state index contributed by atoms with van der Waals surface area (Å²) in [7, 11) is 0. The fourth-order valence-corrected chi connectivity index (χ4v) is 1.64. The number of ether oxygens (including phenoxy) is 1. The molecule has 0 saturated carbocycles. The molecule has 0 aliphatic rings. The fourth-order valence-electron chi connectivity index (χ4n) is 1.64. The van der Waals surface area contributed by atoms with Crippen LogP contribution in [0.3, 0.4) is 0 Å². The molecule has 5 heteroatoms. The topological polar surface area (TPSA) is 64.4 Å². The normalized spacial score (nSPS) is 10.0. The molecule has 0 unspecified atom stereocenters. The van der Waals surface area contributed by atoms with Crippen molar-refractivity contribution in [2.75, 3.05) is 13.2 Å². The Hall–Kier alpha value is -2.06. The molecule has 20 heavy (non-hydrogen) atoms. The monoisotopic (exact) mass is 276 g/mol. The molecule has 0 heterocycles. The lowest BCUT2D eigenvalue weighted by molar-refractivity contribution is -0.384. The second-order valence-corrected chi connectivity index (χ2v) is 4.79. The highest BCUT2D eigenvalue weighted by Crippen LogP contribution is 2.24. The average Bonchev–Trinajstić information content (AvgIpc) is 2.39.